The number of carbonyl (C=O) groups excluding carboxylic acids is 1. The second-order valence-corrected chi connectivity index (χ2v) is 5.22. The van der Waals surface area contributed by atoms with E-state index in [9.17, 15) is 9.59 Å². The Bertz CT molecular complexity index is 303. The highest BCUT2D eigenvalue weighted by atomic mass is 16.5. The minimum absolute atomic E-state index is 0.205. The van der Waals surface area contributed by atoms with Gasteiger partial charge in [0.15, 0.2) is 0 Å². The molecule has 0 bridgehead atoms. The number of nitrogens with zero attached hydrogens (tertiary/aromatic N) is 1. The van der Waals surface area contributed by atoms with Crippen LogP contribution in [-0.4, -0.2) is 47.2 Å². The molecule has 2 unspecified atom stereocenters. The fourth-order valence-corrected chi connectivity index (χ4v) is 2.07. The fourth-order valence-electron chi connectivity index (χ4n) is 2.07. The normalized spacial score (nSPS) is 21.3. The van der Waals surface area contributed by atoms with E-state index in [-0.39, 0.29) is 5.91 Å². The molecule has 1 fully saturated rings. The Morgan fingerprint density at radius 3 is 2.61 bits per heavy atom. The van der Waals surface area contributed by atoms with E-state index in [1.807, 2.05) is 0 Å². The first-order valence-electron chi connectivity index (χ1n) is 6.58. The Morgan fingerprint density at radius 2 is 2.06 bits per heavy atom. The van der Waals surface area contributed by atoms with E-state index in [1.54, 1.807) is 6.92 Å². The molecule has 1 amide bonds. The average molecular weight is 257 g/mol. The van der Waals surface area contributed by atoms with Gasteiger partial charge >= 0.3 is 5.97 Å². The van der Waals surface area contributed by atoms with Crippen LogP contribution in [0.15, 0.2) is 0 Å². The van der Waals surface area contributed by atoms with Crippen LogP contribution in [0.25, 0.3) is 0 Å². The summed E-state index contributed by atoms with van der Waals surface area (Å²) >= 11 is 0. The largest absolute Gasteiger partial charge is 0.480 e. The summed E-state index contributed by atoms with van der Waals surface area (Å²) in [4.78, 5) is 24.5. The lowest BCUT2D eigenvalue weighted by atomic mass is 10.1. The SMILES string of the molecule is CC(C)CCOC(C)C(=O)N1CCCC1C(=O)O. The maximum absolute atomic E-state index is 12.1. The predicted molar refractivity (Wildman–Crippen MR) is 67.2 cm³/mol. The van der Waals surface area contributed by atoms with Gasteiger partial charge in [-0.15, -0.1) is 0 Å². The summed E-state index contributed by atoms with van der Waals surface area (Å²) in [7, 11) is 0. The van der Waals surface area contributed by atoms with Crippen LogP contribution in [0.1, 0.15) is 40.0 Å². The van der Waals surface area contributed by atoms with Crippen LogP contribution in [0.4, 0.5) is 0 Å². The van der Waals surface area contributed by atoms with Crippen molar-refractivity contribution < 1.29 is 19.4 Å². The van der Waals surface area contributed by atoms with Gasteiger partial charge in [0.1, 0.15) is 12.1 Å². The molecule has 1 aliphatic heterocycles. The summed E-state index contributed by atoms with van der Waals surface area (Å²) in [5.41, 5.74) is 0. The maximum Gasteiger partial charge on any atom is 0.326 e. The van der Waals surface area contributed by atoms with Crippen molar-refractivity contribution in [3.05, 3.63) is 0 Å². The topological polar surface area (TPSA) is 66.8 Å². The number of likely N-dealkylation sites (tertiary alicyclic amines) is 1. The third-order valence-corrected chi connectivity index (χ3v) is 3.23. The Kier molecular flexibility index (Phi) is 5.59. The van der Waals surface area contributed by atoms with Crippen LogP contribution in [0.2, 0.25) is 0 Å². The third kappa shape index (κ3) is 3.98. The molecule has 0 aromatic rings. The highest BCUT2D eigenvalue weighted by Gasteiger charge is 2.36. The van der Waals surface area contributed by atoms with E-state index < -0.39 is 18.1 Å². The number of amides is 1. The number of ether oxygens (including phenoxy) is 1. The van der Waals surface area contributed by atoms with Crippen molar-refractivity contribution in [3.8, 4) is 0 Å². The highest BCUT2D eigenvalue weighted by Crippen LogP contribution is 2.19. The lowest BCUT2D eigenvalue weighted by Crippen LogP contribution is -2.45. The number of rotatable bonds is 6. The van der Waals surface area contributed by atoms with Gasteiger partial charge in [-0.2, -0.15) is 0 Å². The molecule has 18 heavy (non-hydrogen) atoms. The lowest BCUT2D eigenvalue weighted by molar-refractivity contribution is -0.153. The number of aliphatic carboxylic acids is 1. The molecule has 2 atom stereocenters. The van der Waals surface area contributed by atoms with E-state index in [2.05, 4.69) is 13.8 Å². The molecule has 5 heteroatoms. The summed E-state index contributed by atoms with van der Waals surface area (Å²) in [6, 6.07) is -0.673. The first-order chi connectivity index (χ1) is 8.43. The molecule has 1 saturated heterocycles. The monoisotopic (exact) mass is 257 g/mol. The molecule has 0 saturated carbocycles. The molecule has 0 aliphatic carbocycles. The zero-order valence-electron chi connectivity index (χ0n) is 11.4. The van der Waals surface area contributed by atoms with Crippen molar-refractivity contribution in [2.75, 3.05) is 13.2 Å². The zero-order chi connectivity index (χ0) is 13.7. The number of carboxylic acid groups (broad SMARTS) is 1. The van der Waals surface area contributed by atoms with Crippen molar-refractivity contribution >= 4 is 11.9 Å². The first-order valence-corrected chi connectivity index (χ1v) is 6.58. The van der Waals surface area contributed by atoms with Gasteiger partial charge in [-0.1, -0.05) is 13.8 Å². The van der Waals surface area contributed by atoms with Gasteiger partial charge in [0.2, 0.25) is 0 Å². The van der Waals surface area contributed by atoms with E-state index in [0.717, 1.165) is 12.8 Å². The van der Waals surface area contributed by atoms with Gasteiger partial charge < -0.3 is 14.7 Å². The Labute approximate surface area is 108 Å². The fraction of sp³-hybridized carbons (Fsp3) is 0.846. The molecule has 1 N–H and O–H groups in total. The Hall–Kier alpha value is -1.10. The molecule has 0 spiro atoms. The molecule has 1 aliphatic rings. The molecule has 0 aromatic carbocycles. The van der Waals surface area contributed by atoms with Gasteiger partial charge in [0.05, 0.1) is 0 Å². The average Bonchev–Trinajstić information content (AvgIpc) is 2.76. The summed E-state index contributed by atoms with van der Waals surface area (Å²) in [5.74, 6) is -0.593. The van der Waals surface area contributed by atoms with E-state index in [4.69, 9.17) is 9.84 Å². The highest BCUT2D eigenvalue weighted by molar-refractivity contribution is 5.86. The van der Waals surface area contributed by atoms with Gasteiger partial charge in [-0.05, 0) is 32.1 Å². The maximum atomic E-state index is 12.1. The predicted octanol–water partition coefficient (Wildman–Crippen LogP) is 1.51. The first kappa shape index (κ1) is 15.0. The van der Waals surface area contributed by atoms with Crippen molar-refractivity contribution in [2.24, 2.45) is 5.92 Å². The number of hydrogen-bond acceptors (Lipinski definition) is 3. The van der Waals surface area contributed by atoms with Crippen LogP contribution < -0.4 is 0 Å². The summed E-state index contributed by atoms with van der Waals surface area (Å²) in [6.07, 6.45) is 1.64. The quantitative estimate of drug-likeness (QED) is 0.783. The lowest BCUT2D eigenvalue weighted by Gasteiger charge is -2.25. The molecule has 0 radical (unpaired) electrons. The van der Waals surface area contributed by atoms with Crippen molar-refractivity contribution in [1.82, 2.24) is 4.90 Å². The van der Waals surface area contributed by atoms with Gasteiger partial charge in [-0.25, -0.2) is 4.79 Å². The molecule has 1 heterocycles. The summed E-state index contributed by atoms with van der Waals surface area (Å²) < 4.78 is 5.47. The molecular formula is C13H23NO4. The van der Waals surface area contributed by atoms with E-state index in [0.29, 0.717) is 25.5 Å². The van der Waals surface area contributed by atoms with Gasteiger partial charge in [0, 0.05) is 13.2 Å². The molecule has 1 rings (SSSR count). The summed E-state index contributed by atoms with van der Waals surface area (Å²) in [6.45, 7) is 6.94. The number of carbonyl (C=O) groups is 2. The standard InChI is InChI=1S/C13H23NO4/c1-9(2)6-8-18-10(3)12(15)14-7-4-5-11(14)13(16)17/h9-11H,4-8H2,1-3H3,(H,16,17). The number of carboxylic acids is 1. The van der Waals surface area contributed by atoms with Crippen LogP contribution >= 0.6 is 0 Å². The minimum atomic E-state index is -0.921. The van der Waals surface area contributed by atoms with Crippen LogP contribution in [0.3, 0.4) is 0 Å². The van der Waals surface area contributed by atoms with Crippen LogP contribution in [0, 0.1) is 5.92 Å². The molecule has 5 nitrogen and oxygen atoms in total. The van der Waals surface area contributed by atoms with Crippen LogP contribution in [0.5, 0.6) is 0 Å². The summed E-state index contributed by atoms with van der Waals surface area (Å²) in [5, 5.41) is 9.03. The minimum Gasteiger partial charge on any atom is -0.480 e. The van der Waals surface area contributed by atoms with Crippen molar-refractivity contribution in [1.29, 1.82) is 0 Å². The van der Waals surface area contributed by atoms with Crippen LogP contribution in [-0.2, 0) is 14.3 Å². The van der Waals surface area contributed by atoms with Crippen molar-refractivity contribution in [3.63, 3.8) is 0 Å². The number of hydrogen-bond donors (Lipinski definition) is 1. The Morgan fingerprint density at radius 1 is 1.39 bits per heavy atom. The van der Waals surface area contributed by atoms with Gasteiger partial charge in [-0.3, -0.25) is 4.79 Å². The second kappa shape index (κ2) is 6.73. The zero-order valence-corrected chi connectivity index (χ0v) is 11.4. The Balaban J connectivity index is 2.45. The van der Waals surface area contributed by atoms with Gasteiger partial charge in [0.25, 0.3) is 5.91 Å². The van der Waals surface area contributed by atoms with Crippen molar-refractivity contribution in [2.45, 2.75) is 52.2 Å². The van der Waals surface area contributed by atoms with E-state index >= 15 is 0 Å². The van der Waals surface area contributed by atoms with E-state index in [1.165, 1.54) is 4.90 Å². The third-order valence-electron chi connectivity index (χ3n) is 3.23. The molecule has 0 aromatic heterocycles. The second-order valence-electron chi connectivity index (χ2n) is 5.22. The smallest absolute Gasteiger partial charge is 0.326 e. The molecule has 104 valence electrons. The molecular weight excluding hydrogens is 234 g/mol.